The minimum Gasteiger partial charge on any atom is -0.389 e. The van der Waals surface area contributed by atoms with Crippen molar-refractivity contribution in [2.75, 3.05) is 18.8 Å². The van der Waals surface area contributed by atoms with Gasteiger partial charge in [0.15, 0.2) is 0 Å². The van der Waals surface area contributed by atoms with Gasteiger partial charge < -0.3 is 15.7 Å². The van der Waals surface area contributed by atoms with Gasteiger partial charge in [0.1, 0.15) is 0 Å². The van der Waals surface area contributed by atoms with E-state index in [-0.39, 0.29) is 24.2 Å². The maximum atomic E-state index is 13.0. The fourth-order valence-electron chi connectivity index (χ4n) is 4.78. The number of nitrogens with zero attached hydrogens (tertiary/aromatic N) is 4. The molecule has 160 valence electrons. The Bertz CT molecular complexity index is 893. The molecule has 1 aliphatic heterocycles. The Morgan fingerprint density at radius 3 is 2.63 bits per heavy atom. The summed E-state index contributed by atoms with van der Waals surface area (Å²) < 4.78 is 0. The van der Waals surface area contributed by atoms with Crippen LogP contribution in [0.4, 0.5) is 5.95 Å². The Balaban J connectivity index is 1.49. The summed E-state index contributed by atoms with van der Waals surface area (Å²) in [5.74, 6) is 0.520. The molecule has 7 nitrogen and oxygen atoms in total. The molecule has 2 aromatic heterocycles. The summed E-state index contributed by atoms with van der Waals surface area (Å²) in [7, 11) is 0. The number of piperidine rings is 1. The number of aliphatic hydroxyl groups is 1. The molecule has 7 heteroatoms. The zero-order valence-corrected chi connectivity index (χ0v) is 17.7. The van der Waals surface area contributed by atoms with Crippen LogP contribution in [0.15, 0.2) is 24.5 Å². The Morgan fingerprint density at radius 2 is 1.90 bits per heavy atom. The van der Waals surface area contributed by atoms with E-state index in [2.05, 4.69) is 16.0 Å². The number of carbonyl (C=O) groups is 1. The highest BCUT2D eigenvalue weighted by Gasteiger charge is 2.35. The predicted molar refractivity (Wildman–Crippen MR) is 116 cm³/mol. The number of carbonyl (C=O) groups excluding carboxylic acids is 1. The molecule has 1 amide bonds. The molecule has 4 rings (SSSR count). The minimum atomic E-state index is -0.813. The SMILES string of the molecule is Cc1cc(-c2cnc(N)nc2)cc([C@@H]2CCCN(C(=O)CC3(O)CCCCC3)C2)n1. The zero-order valence-electron chi connectivity index (χ0n) is 17.7. The van der Waals surface area contributed by atoms with E-state index in [1.165, 1.54) is 0 Å². The van der Waals surface area contributed by atoms with Gasteiger partial charge in [0.25, 0.3) is 0 Å². The van der Waals surface area contributed by atoms with Gasteiger partial charge in [-0.25, -0.2) is 9.97 Å². The maximum absolute atomic E-state index is 13.0. The van der Waals surface area contributed by atoms with Gasteiger partial charge >= 0.3 is 0 Å². The van der Waals surface area contributed by atoms with E-state index < -0.39 is 5.60 Å². The third-order valence-corrected chi connectivity index (χ3v) is 6.44. The van der Waals surface area contributed by atoms with Crippen LogP contribution in [0, 0.1) is 6.92 Å². The summed E-state index contributed by atoms with van der Waals surface area (Å²) in [5.41, 5.74) is 8.64. The Labute approximate surface area is 177 Å². The van der Waals surface area contributed by atoms with Crippen molar-refractivity contribution < 1.29 is 9.90 Å². The Morgan fingerprint density at radius 1 is 1.17 bits per heavy atom. The Kier molecular flexibility index (Phi) is 5.99. The molecule has 0 spiro atoms. The van der Waals surface area contributed by atoms with Crippen LogP contribution in [-0.2, 0) is 4.79 Å². The lowest BCUT2D eigenvalue weighted by Gasteiger charge is -2.37. The van der Waals surface area contributed by atoms with Crippen molar-refractivity contribution in [2.24, 2.45) is 0 Å². The highest BCUT2D eigenvalue weighted by molar-refractivity contribution is 5.77. The van der Waals surface area contributed by atoms with Crippen LogP contribution in [0.5, 0.6) is 0 Å². The van der Waals surface area contributed by atoms with Crippen molar-refractivity contribution in [1.82, 2.24) is 19.9 Å². The molecular weight excluding hydrogens is 378 g/mol. The first kappa shape index (κ1) is 20.7. The number of hydrogen-bond acceptors (Lipinski definition) is 6. The fourth-order valence-corrected chi connectivity index (χ4v) is 4.78. The third kappa shape index (κ3) is 4.78. The average molecular weight is 410 g/mol. The molecule has 0 radical (unpaired) electrons. The number of hydrogen-bond donors (Lipinski definition) is 2. The minimum absolute atomic E-state index is 0.0731. The number of nitrogen functional groups attached to an aromatic ring is 1. The van der Waals surface area contributed by atoms with Crippen molar-refractivity contribution in [2.45, 2.75) is 69.8 Å². The van der Waals surface area contributed by atoms with Crippen molar-refractivity contribution in [3.63, 3.8) is 0 Å². The molecule has 0 bridgehead atoms. The van der Waals surface area contributed by atoms with Crippen molar-refractivity contribution in [3.8, 4) is 11.1 Å². The van der Waals surface area contributed by atoms with E-state index in [1.54, 1.807) is 12.4 Å². The number of likely N-dealkylation sites (tertiary alicyclic amines) is 1. The van der Waals surface area contributed by atoms with Gasteiger partial charge in [-0.3, -0.25) is 9.78 Å². The lowest BCUT2D eigenvalue weighted by Crippen LogP contribution is -2.44. The normalized spacial score (nSPS) is 21.4. The standard InChI is InChI=1S/C23H31N5O2/c1-16-10-18(19-13-25-22(24)26-14-19)11-20(27-16)17-6-5-9-28(15-17)21(29)12-23(30)7-3-2-4-8-23/h10-11,13-14,17,30H,2-9,12,15H2,1H3,(H2,24,25,26)/t17-/m1/s1. The molecule has 30 heavy (non-hydrogen) atoms. The van der Waals surface area contributed by atoms with Crippen molar-refractivity contribution in [3.05, 3.63) is 35.9 Å². The Hall–Kier alpha value is -2.54. The highest BCUT2D eigenvalue weighted by atomic mass is 16.3. The molecular formula is C23H31N5O2. The smallest absolute Gasteiger partial charge is 0.225 e. The first-order valence-corrected chi connectivity index (χ1v) is 11.0. The van der Waals surface area contributed by atoms with E-state index in [0.717, 1.165) is 74.0 Å². The maximum Gasteiger partial charge on any atom is 0.225 e. The summed E-state index contributed by atoms with van der Waals surface area (Å²) in [6, 6.07) is 4.10. The first-order chi connectivity index (χ1) is 14.4. The van der Waals surface area contributed by atoms with Gasteiger partial charge in [0.2, 0.25) is 11.9 Å². The zero-order chi connectivity index (χ0) is 21.1. The van der Waals surface area contributed by atoms with Gasteiger partial charge in [-0.1, -0.05) is 19.3 Å². The van der Waals surface area contributed by atoms with Crippen LogP contribution in [-0.4, -0.2) is 49.6 Å². The lowest BCUT2D eigenvalue weighted by molar-refractivity contribution is -0.139. The molecule has 2 aliphatic rings. The van der Waals surface area contributed by atoms with Crippen LogP contribution >= 0.6 is 0 Å². The van der Waals surface area contributed by atoms with Crippen LogP contribution in [0.1, 0.15) is 68.7 Å². The van der Waals surface area contributed by atoms with Crippen LogP contribution in [0.25, 0.3) is 11.1 Å². The second-order valence-corrected chi connectivity index (χ2v) is 8.89. The lowest BCUT2D eigenvalue weighted by atomic mass is 9.82. The first-order valence-electron chi connectivity index (χ1n) is 11.0. The second kappa shape index (κ2) is 8.68. The predicted octanol–water partition coefficient (Wildman–Crippen LogP) is 3.22. The number of rotatable bonds is 4. The van der Waals surface area contributed by atoms with Gasteiger partial charge in [0.05, 0.1) is 12.0 Å². The highest BCUT2D eigenvalue weighted by Crippen LogP contribution is 2.33. The van der Waals surface area contributed by atoms with E-state index in [9.17, 15) is 9.90 Å². The number of pyridine rings is 1. The monoisotopic (exact) mass is 409 g/mol. The van der Waals surface area contributed by atoms with Gasteiger partial charge in [-0.15, -0.1) is 0 Å². The summed E-state index contributed by atoms with van der Waals surface area (Å²) in [6.45, 7) is 3.40. The molecule has 1 atom stereocenters. The molecule has 3 N–H and O–H groups in total. The third-order valence-electron chi connectivity index (χ3n) is 6.44. The molecule has 0 unspecified atom stereocenters. The van der Waals surface area contributed by atoms with E-state index in [4.69, 9.17) is 10.7 Å². The fraction of sp³-hybridized carbons (Fsp3) is 0.565. The summed E-state index contributed by atoms with van der Waals surface area (Å²) >= 11 is 0. The number of amides is 1. The van der Waals surface area contributed by atoms with Crippen LogP contribution in [0.3, 0.4) is 0 Å². The van der Waals surface area contributed by atoms with Crippen LogP contribution in [0.2, 0.25) is 0 Å². The quantitative estimate of drug-likeness (QED) is 0.803. The summed E-state index contributed by atoms with van der Waals surface area (Å²) in [5, 5.41) is 10.8. The van der Waals surface area contributed by atoms with Gasteiger partial charge in [-0.05, 0) is 50.3 Å². The topological polar surface area (TPSA) is 105 Å². The molecule has 1 saturated heterocycles. The molecule has 1 saturated carbocycles. The molecule has 2 fully saturated rings. The number of nitrogens with two attached hydrogens (primary N) is 1. The summed E-state index contributed by atoms with van der Waals surface area (Å²) in [6.07, 6.45) is 10.3. The summed E-state index contributed by atoms with van der Waals surface area (Å²) in [4.78, 5) is 27.8. The molecule has 1 aliphatic carbocycles. The van der Waals surface area contributed by atoms with Gasteiger partial charge in [0, 0.05) is 48.4 Å². The van der Waals surface area contributed by atoms with Crippen molar-refractivity contribution in [1.29, 1.82) is 0 Å². The molecule has 0 aromatic carbocycles. The van der Waals surface area contributed by atoms with E-state index in [1.807, 2.05) is 17.9 Å². The second-order valence-electron chi connectivity index (χ2n) is 8.89. The largest absolute Gasteiger partial charge is 0.389 e. The number of aromatic nitrogens is 3. The molecule has 3 heterocycles. The van der Waals surface area contributed by atoms with E-state index in [0.29, 0.717) is 6.54 Å². The van der Waals surface area contributed by atoms with Gasteiger partial charge in [-0.2, -0.15) is 0 Å². The number of aryl methyl sites for hydroxylation is 1. The molecule has 2 aromatic rings. The number of anilines is 1. The van der Waals surface area contributed by atoms with E-state index >= 15 is 0 Å². The average Bonchev–Trinajstić information content (AvgIpc) is 2.74. The van der Waals surface area contributed by atoms with Crippen molar-refractivity contribution >= 4 is 11.9 Å². The van der Waals surface area contributed by atoms with Crippen LogP contribution < -0.4 is 5.73 Å².